The third-order valence-corrected chi connectivity index (χ3v) is 10.4. The lowest BCUT2D eigenvalue weighted by molar-refractivity contribution is -0.138. The van der Waals surface area contributed by atoms with Crippen LogP contribution in [0.4, 0.5) is 11.4 Å². The summed E-state index contributed by atoms with van der Waals surface area (Å²) in [6.07, 6.45) is 2.35. The first kappa shape index (κ1) is 58.8. The summed E-state index contributed by atoms with van der Waals surface area (Å²) < 4.78 is 0. The van der Waals surface area contributed by atoms with Crippen molar-refractivity contribution in [3.05, 3.63) is 72.1 Å². The maximum Gasteiger partial charge on any atom is 0.303 e. The van der Waals surface area contributed by atoms with Gasteiger partial charge in [0.2, 0.25) is 35.4 Å². The second-order valence-corrected chi connectivity index (χ2v) is 16.2. The third-order valence-electron chi connectivity index (χ3n) is 10.4. The zero-order chi connectivity index (χ0) is 55.1. The summed E-state index contributed by atoms with van der Waals surface area (Å²) in [5.41, 5.74) is 32.8. The Morgan fingerprint density at radius 1 is 0.514 bits per heavy atom. The van der Waals surface area contributed by atoms with Gasteiger partial charge in [-0.05, 0) is 50.7 Å². The van der Waals surface area contributed by atoms with Crippen molar-refractivity contribution >= 4 is 104 Å². The number of guanidine groups is 2. The first-order valence-corrected chi connectivity index (χ1v) is 22.6. The molecule has 74 heavy (non-hydrogen) atoms. The summed E-state index contributed by atoms with van der Waals surface area (Å²) in [4.78, 5) is 138. The minimum Gasteiger partial charge on any atom is -0.481 e. The fourth-order valence-electron chi connectivity index (χ4n) is 6.93. The molecule has 0 aliphatic rings. The maximum atomic E-state index is 13.2. The number of aliphatic carboxylic acids is 2. The van der Waals surface area contributed by atoms with E-state index in [1.54, 1.807) is 48.5 Å². The molecule has 0 bridgehead atoms. The van der Waals surface area contributed by atoms with Gasteiger partial charge < -0.3 is 76.5 Å². The molecule has 0 saturated carbocycles. The number of aromatic nitrogens is 2. The van der Waals surface area contributed by atoms with Crippen LogP contribution in [0.2, 0.25) is 0 Å². The predicted octanol–water partition coefficient (Wildman–Crippen LogP) is -1.64. The highest BCUT2D eigenvalue weighted by Crippen LogP contribution is 2.28. The van der Waals surface area contributed by atoms with Crippen LogP contribution in [-0.2, 0) is 38.4 Å². The average molecular weight is 1030 g/mol. The van der Waals surface area contributed by atoms with Crippen molar-refractivity contribution in [1.82, 2.24) is 31.2 Å². The number of nitrogens with zero attached hydrogens (tertiary/aromatic N) is 4. The monoisotopic (exact) mass is 1030 g/mol. The van der Waals surface area contributed by atoms with E-state index in [0.29, 0.717) is 34.6 Å². The number of aliphatic imine (C=N–C) groups is 2. The van der Waals surface area contributed by atoms with Crippen LogP contribution in [0.5, 0.6) is 0 Å². The van der Waals surface area contributed by atoms with Crippen LogP contribution in [0, 0.1) is 0 Å². The number of fused-ring (bicyclic) bond motifs is 2. The van der Waals surface area contributed by atoms with Crippen molar-refractivity contribution in [2.45, 2.75) is 89.4 Å². The summed E-state index contributed by atoms with van der Waals surface area (Å²) >= 11 is 0. The fraction of sp³-hybridized carbons (Fsp3) is 0.348. The molecule has 2 aromatic heterocycles. The molecular weight excluding hydrogens is 969 g/mol. The summed E-state index contributed by atoms with van der Waals surface area (Å²) in [5, 5.41) is 34.0. The summed E-state index contributed by atoms with van der Waals surface area (Å²) in [6.45, 7) is 3.00. The van der Waals surface area contributed by atoms with Crippen LogP contribution in [0.15, 0.2) is 70.9 Å². The van der Waals surface area contributed by atoms with Gasteiger partial charge in [-0.2, -0.15) is 0 Å². The van der Waals surface area contributed by atoms with Gasteiger partial charge in [0, 0.05) is 62.9 Å². The molecular formula is C46H60N16O12. The first-order chi connectivity index (χ1) is 35.0. The molecule has 0 aliphatic carbocycles. The second-order valence-electron chi connectivity index (χ2n) is 16.2. The Morgan fingerprint density at radius 3 is 1.18 bits per heavy atom. The second kappa shape index (κ2) is 29.0. The average Bonchev–Trinajstić information content (AvgIpc) is 3.33. The van der Waals surface area contributed by atoms with Crippen molar-refractivity contribution in [1.29, 1.82) is 0 Å². The smallest absolute Gasteiger partial charge is 0.303 e. The van der Waals surface area contributed by atoms with Crippen LogP contribution >= 0.6 is 0 Å². The lowest BCUT2D eigenvalue weighted by Crippen LogP contribution is -2.45. The van der Waals surface area contributed by atoms with E-state index in [2.05, 4.69) is 51.9 Å². The van der Waals surface area contributed by atoms with Crippen molar-refractivity contribution in [2.24, 2.45) is 44.4 Å². The Labute approximate surface area is 422 Å². The van der Waals surface area contributed by atoms with E-state index in [0.717, 1.165) is 0 Å². The van der Waals surface area contributed by atoms with Crippen LogP contribution < -0.4 is 66.3 Å². The molecule has 0 spiro atoms. The number of amides is 8. The molecule has 396 valence electrons. The van der Waals surface area contributed by atoms with Gasteiger partial charge in [-0.3, -0.25) is 67.9 Å². The number of hydrogen-bond acceptors (Lipinski definition) is 14. The molecule has 2 heterocycles. The van der Waals surface area contributed by atoms with Gasteiger partial charge in [0.05, 0.1) is 33.5 Å². The largest absolute Gasteiger partial charge is 0.481 e. The van der Waals surface area contributed by atoms with E-state index in [1.165, 1.54) is 26.2 Å². The topological polar surface area (TPSA) is 490 Å². The van der Waals surface area contributed by atoms with Gasteiger partial charge in [-0.25, -0.2) is 0 Å². The number of carboxylic acid groups (broad SMARTS) is 2. The van der Waals surface area contributed by atoms with E-state index < -0.39 is 96.2 Å². The molecule has 8 amide bonds. The number of anilines is 2. The van der Waals surface area contributed by atoms with E-state index in [4.69, 9.17) is 44.6 Å². The number of carboxylic acids is 2. The highest BCUT2D eigenvalue weighted by atomic mass is 16.4. The number of para-hydroxylation sites is 2. The van der Waals surface area contributed by atoms with Gasteiger partial charge in [0.15, 0.2) is 11.9 Å². The lowest BCUT2D eigenvalue weighted by atomic mass is 10.1. The van der Waals surface area contributed by atoms with Crippen molar-refractivity contribution in [3.8, 4) is 0 Å². The summed E-state index contributed by atoms with van der Waals surface area (Å²) in [7, 11) is 0. The van der Waals surface area contributed by atoms with Crippen molar-refractivity contribution in [3.63, 3.8) is 0 Å². The van der Waals surface area contributed by atoms with Gasteiger partial charge in [-0.15, -0.1) is 0 Å². The zero-order valence-corrected chi connectivity index (χ0v) is 40.4. The van der Waals surface area contributed by atoms with Gasteiger partial charge in [0.25, 0.3) is 11.8 Å². The number of pyridine rings is 2. The molecule has 0 unspecified atom stereocenters. The Morgan fingerprint density at radius 2 is 0.865 bits per heavy atom. The maximum absolute atomic E-state index is 13.2. The first-order valence-electron chi connectivity index (χ1n) is 22.6. The van der Waals surface area contributed by atoms with Crippen LogP contribution in [0.1, 0.15) is 85.9 Å². The van der Waals surface area contributed by atoms with E-state index in [1.807, 2.05) is 0 Å². The Kier molecular flexibility index (Phi) is 23.0. The third kappa shape index (κ3) is 19.4. The van der Waals surface area contributed by atoms with Gasteiger partial charge in [0.1, 0.15) is 24.2 Å². The highest BCUT2D eigenvalue weighted by Gasteiger charge is 2.28. The molecule has 0 radical (unpaired) electrons. The zero-order valence-electron chi connectivity index (χ0n) is 40.4. The van der Waals surface area contributed by atoms with Crippen molar-refractivity contribution in [2.75, 3.05) is 23.7 Å². The number of rotatable bonds is 26. The van der Waals surface area contributed by atoms with Gasteiger partial charge >= 0.3 is 11.9 Å². The molecule has 28 nitrogen and oxygen atoms in total. The number of hydrogen-bond donors (Lipinski definition) is 14. The summed E-state index contributed by atoms with van der Waals surface area (Å²) in [6, 6.07) is 8.96. The van der Waals surface area contributed by atoms with E-state index >= 15 is 0 Å². The molecule has 4 aromatic rings. The van der Waals surface area contributed by atoms with E-state index in [9.17, 15) is 47.9 Å². The van der Waals surface area contributed by atoms with Gasteiger partial charge in [-0.1, -0.05) is 36.4 Å². The Bertz CT molecular complexity index is 2610. The molecule has 2 aromatic carbocycles. The molecule has 0 saturated heterocycles. The van der Waals surface area contributed by atoms with Crippen LogP contribution in [-0.4, -0.2) is 129 Å². The Hall–Kier alpha value is -9.50. The number of primary amides is 2. The number of nitrogens with one attached hydrogen (secondary N) is 6. The number of benzene rings is 2. The quantitative estimate of drug-likeness (QED) is 0.0191. The normalized spacial score (nSPS) is 12.1. The molecule has 0 fully saturated rings. The Balaban J connectivity index is 0.000000390. The molecule has 0 aliphatic heterocycles. The SMILES string of the molecule is CC(=O)N[C@@H](CCCN=C(N)N)C(=O)Nc1c(C(=O)N[C@@H](CCC(=O)O)C(N)=O)cnc2ccccc12.CC(=O)N[C@H](CCCN=C(N)N)C(=O)Nc1c(C(=O)N[C@H](CCC(=O)O)C(N)=O)cnc2ccccc12. The van der Waals surface area contributed by atoms with Crippen molar-refractivity contribution < 1.29 is 58.2 Å². The predicted molar refractivity (Wildman–Crippen MR) is 270 cm³/mol. The highest BCUT2D eigenvalue weighted by molar-refractivity contribution is 6.14. The fourth-order valence-corrected chi connectivity index (χ4v) is 6.93. The minimum atomic E-state index is -1.26. The summed E-state index contributed by atoms with van der Waals surface area (Å²) in [5.74, 6) is -8.06. The number of carbonyl (C=O) groups is 10. The molecule has 28 heteroatoms. The standard InChI is InChI=1S/2C23H30N8O6/c2*1-12(32)29-17(7-4-10-27-23(25)26)22(37)31-19-13-5-2-3-6-15(13)28-11-14(19)21(36)30-16(20(24)35)8-9-18(33)34/h2*2-3,5-6,11,16-17H,4,7-10H2,1H3,(H2,24,35)(H,29,32)(H,30,36)(H,33,34)(H4,25,26,27)(H,28,31,37)/t2*16-,17-/m10/s1. The minimum absolute atomic E-state index is 0.0873. The number of nitrogens with two attached hydrogens (primary N) is 6. The van der Waals surface area contributed by atoms with Crippen LogP contribution in [0.25, 0.3) is 21.8 Å². The lowest BCUT2D eigenvalue weighted by Gasteiger charge is -2.20. The number of carbonyl (C=O) groups excluding carboxylic acids is 8. The molecule has 4 rings (SSSR count). The van der Waals surface area contributed by atoms with Crippen LogP contribution in [0.3, 0.4) is 0 Å². The molecule has 4 atom stereocenters. The molecule has 20 N–H and O–H groups in total. The van der Waals surface area contributed by atoms with E-state index in [-0.39, 0.29) is 73.2 Å².